The molecule has 1 atom stereocenters. The number of fused-ring (bicyclic) bond motifs is 1. The molecule has 1 fully saturated rings. The maximum absolute atomic E-state index is 12.8. The molecule has 0 saturated heterocycles. The van der Waals surface area contributed by atoms with Crippen molar-refractivity contribution in [3.8, 4) is 5.75 Å². The fourth-order valence-electron chi connectivity index (χ4n) is 4.23. The van der Waals surface area contributed by atoms with Gasteiger partial charge >= 0.3 is 5.97 Å². The fraction of sp³-hybridized carbons (Fsp3) is 0.370. The second-order valence-corrected chi connectivity index (χ2v) is 10.5. The van der Waals surface area contributed by atoms with Crippen LogP contribution in [0.15, 0.2) is 65.6 Å². The van der Waals surface area contributed by atoms with E-state index in [0.29, 0.717) is 25.7 Å². The summed E-state index contributed by atoms with van der Waals surface area (Å²) in [6.45, 7) is 3.74. The highest BCUT2D eigenvalue weighted by Crippen LogP contribution is 2.30. The number of aryl methyl sites for hydroxylation is 1. The molecule has 0 radical (unpaired) electrons. The Morgan fingerprint density at radius 3 is 2.18 bits per heavy atom. The lowest BCUT2D eigenvalue weighted by molar-refractivity contribution is -0.152. The number of ether oxygens (including phenoxy) is 2. The molecule has 0 bridgehead atoms. The monoisotopic (exact) mass is 482 g/mol. The van der Waals surface area contributed by atoms with Crippen LogP contribution in [0.3, 0.4) is 0 Å². The van der Waals surface area contributed by atoms with Crippen LogP contribution < -0.4 is 4.74 Å². The molecule has 0 spiro atoms. The minimum absolute atomic E-state index is 0.161. The van der Waals surface area contributed by atoms with Gasteiger partial charge in [0.1, 0.15) is 11.9 Å². The molecule has 6 nitrogen and oxygen atoms in total. The van der Waals surface area contributed by atoms with Gasteiger partial charge in [0, 0.05) is 0 Å². The van der Waals surface area contributed by atoms with Gasteiger partial charge in [0.15, 0.2) is 0 Å². The van der Waals surface area contributed by atoms with E-state index in [-0.39, 0.29) is 17.0 Å². The first-order chi connectivity index (χ1) is 16.2. The minimum atomic E-state index is -3.80. The summed E-state index contributed by atoms with van der Waals surface area (Å²) >= 11 is 0. The van der Waals surface area contributed by atoms with Gasteiger partial charge in [0.2, 0.25) is 0 Å². The van der Waals surface area contributed by atoms with Crippen LogP contribution in [-0.2, 0) is 23.8 Å². The number of methoxy groups -OCH3 is 1. The summed E-state index contributed by atoms with van der Waals surface area (Å²) in [6.07, 6.45) is 1.55. The quantitative estimate of drug-likeness (QED) is 0.326. The fourth-order valence-corrected chi connectivity index (χ4v) is 5.36. The van der Waals surface area contributed by atoms with Gasteiger partial charge in [-0.2, -0.15) is 8.42 Å². The van der Waals surface area contributed by atoms with E-state index in [9.17, 15) is 13.2 Å². The predicted molar refractivity (Wildman–Crippen MR) is 131 cm³/mol. The zero-order valence-electron chi connectivity index (χ0n) is 19.7. The Balaban J connectivity index is 1.31. The molecule has 0 aliphatic heterocycles. The van der Waals surface area contributed by atoms with E-state index in [0.717, 1.165) is 27.6 Å². The third-order valence-electron chi connectivity index (χ3n) is 6.40. The highest BCUT2D eigenvalue weighted by Gasteiger charge is 2.30. The standard InChI is InChI=1S/C27H30O6S/c1-18-4-14-26(15-5-18)34(29,30)33-24-12-10-23(11-13-24)32-27(28)19(2)20-6-7-22-17-25(31-3)9-8-21(22)16-20/h4-9,14-17,19,23-24H,10-13H2,1-3H3. The van der Waals surface area contributed by atoms with Crippen molar-refractivity contribution in [2.75, 3.05) is 7.11 Å². The lowest BCUT2D eigenvalue weighted by atomic mass is 9.94. The molecule has 4 rings (SSSR count). The van der Waals surface area contributed by atoms with E-state index in [1.165, 1.54) is 0 Å². The smallest absolute Gasteiger partial charge is 0.313 e. The van der Waals surface area contributed by atoms with Crippen molar-refractivity contribution in [2.45, 2.75) is 62.6 Å². The van der Waals surface area contributed by atoms with Gasteiger partial charge in [-0.3, -0.25) is 8.98 Å². The topological polar surface area (TPSA) is 78.9 Å². The first-order valence-corrected chi connectivity index (χ1v) is 12.9. The van der Waals surface area contributed by atoms with Crippen molar-refractivity contribution in [1.82, 2.24) is 0 Å². The Hall–Kier alpha value is -2.90. The third-order valence-corrected chi connectivity index (χ3v) is 7.78. The van der Waals surface area contributed by atoms with E-state index in [2.05, 4.69) is 0 Å². The second-order valence-electron chi connectivity index (χ2n) is 8.89. The zero-order chi connectivity index (χ0) is 24.3. The van der Waals surface area contributed by atoms with Gasteiger partial charge in [0.05, 0.1) is 24.0 Å². The number of rotatable bonds is 7. The van der Waals surface area contributed by atoms with Gasteiger partial charge < -0.3 is 9.47 Å². The summed E-state index contributed by atoms with van der Waals surface area (Å²) in [7, 11) is -2.17. The van der Waals surface area contributed by atoms with Crippen molar-refractivity contribution in [1.29, 1.82) is 0 Å². The van der Waals surface area contributed by atoms with E-state index in [1.54, 1.807) is 31.4 Å². The Kier molecular flexibility index (Phi) is 7.24. The van der Waals surface area contributed by atoms with Crippen molar-refractivity contribution < 1.29 is 26.9 Å². The van der Waals surface area contributed by atoms with E-state index in [4.69, 9.17) is 13.7 Å². The summed E-state index contributed by atoms with van der Waals surface area (Å²) in [5.41, 5.74) is 1.88. The maximum Gasteiger partial charge on any atom is 0.313 e. The third kappa shape index (κ3) is 5.59. The molecular formula is C27H30O6S. The first kappa shape index (κ1) is 24.2. The van der Waals surface area contributed by atoms with Crippen LogP contribution in [0.25, 0.3) is 10.8 Å². The molecule has 1 aliphatic carbocycles. The molecule has 0 aromatic heterocycles. The van der Waals surface area contributed by atoms with Crippen LogP contribution in [0.1, 0.15) is 49.7 Å². The normalized spacial score (nSPS) is 19.5. The minimum Gasteiger partial charge on any atom is -0.497 e. The summed E-state index contributed by atoms with van der Waals surface area (Å²) in [5.74, 6) is 0.117. The molecule has 3 aromatic rings. The molecule has 1 saturated carbocycles. The molecule has 1 aliphatic rings. The summed E-state index contributed by atoms with van der Waals surface area (Å²) in [6, 6.07) is 18.4. The summed E-state index contributed by atoms with van der Waals surface area (Å²) < 4.78 is 41.6. The van der Waals surface area contributed by atoms with Crippen molar-refractivity contribution in [3.63, 3.8) is 0 Å². The predicted octanol–water partition coefficient (Wildman–Crippen LogP) is 5.52. The lowest BCUT2D eigenvalue weighted by Crippen LogP contribution is -2.30. The Morgan fingerprint density at radius 2 is 1.50 bits per heavy atom. The van der Waals surface area contributed by atoms with Gasteiger partial charge in [-0.15, -0.1) is 0 Å². The summed E-state index contributed by atoms with van der Waals surface area (Å²) in [5, 5.41) is 2.08. The Morgan fingerprint density at radius 1 is 0.882 bits per heavy atom. The molecule has 0 amide bonds. The summed E-state index contributed by atoms with van der Waals surface area (Å²) in [4.78, 5) is 13.0. The van der Waals surface area contributed by atoms with Crippen LogP contribution in [0, 0.1) is 6.92 Å². The zero-order valence-corrected chi connectivity index (χ0v) is 20.5. The van der Waals surface area contributed by atoms with Crippen LogP contribution in [-0.4, -0.2) is 33.7 Å². The highest BCUT2D eigenvalue weighted by molar-refractivity contribution is 7.86. The number of carbonyl (C=O) groups excluding carboxylic acids is 1. The Bertz CT molecular complexity index is 1260. The number of hydrogen-bond acceptors (Lipinski definition) is 6. The van der Waals surface area contributed by atoms with Crippen molar-refractivity contribution in [2.24, 2.45) is 0 Å². The molecule has 180 valence electrons. The number of carbonyl (C=O) groups is 1. The molecule has 34 heavy (non-hydrogen) atoms. The van der Waals surface area contributed by atoms with Gasteiger partial charge in [0.25, 0.3) is 10.1 Å². The second kappa shape index (κ2) is 10.2. The Labute approximate surface area is 201 Å². The van der Waals surface area contributed by atoms with E-state index < -0.39 is 22.1 Å². The maximum atomic E-state index is 12.8. The van der Waals surface area contributed by atoms with E-state index >= 15 is 0 Å². The van der Waals surface area contributed by atoms with Crippen molar-refractivity contribution in [3.05, 3.63) is 71.8 Å². The molecule has 1 unspecified atom stereocenters. The van der Waals surface area contributed by atoms with Gasteiger partial charge in [-0.25, -0.2) is 0 Å². The van der Waals surface area contributed by atoms with Crippen LogP contribution in [0.5, 0.6) is 5.75 Å². The molecular weight excluding hydrogens is 452 g/mol. The average molecular weight is 483 g/mol. The molecule has 3 aromatic carbocycles. The molecule has 0 N–H and O–H groups in total. The van der Waals surface area contributed by atoms with Crippen LogP contribution in [0.2, 0.25) is 0 Å². The van der Waals surface area contributed by atoms with Crippen LogP contribution >= 0.6 is 0 Å². The number of benzene rings is 3. The molecule has 0 heterocycles. The highest BCUT2D eigenvalue weighted by atomic mass is 32.2. The average Bonchev–Trinajstić information content (AvgIpc) is 2.84. The first-order valence-electron chi connectivity index (χ1n) is 11.5. The molecule has 7 heteroatoms. The van der Waals surface area contributed by atoms with Crippen LogP contribution in [0.4, 0.5) is 0 Å². The van der Waals surface area contributed by atoms with E-state index in [1.807, 2.05) is 50.2 Å². The van der Waals surface area contributed by atoms with Gasteiger partial charge in [-0.1, -0.05) is 42.0 Å². The largest absolute Gasteiger partial charge is 0.497 e. The number of hydrogen-bond donors (Lipinski definition) is 0. The van der Waals surface area contributed by atoms with Crippen molar-refractivity contribution >= 4 is 26.9 Å². The lowest BCUT2D eigenvalue weighted by Gasteiger charge is -2.28. The number of esters is 1. The SMILES string of the molecule is COc1ccc2cc(C(C)C(=O)OC3CCC(OS(=O)(=O)c4ccc(C)cc4)CC3)ccc2c1. The van der Waals surface area contributed by atoms with Gasteiger partial charge in [-0.05, 0) is 80.1 Å².